The Morgan fingerprint density at radius 1 is 1.05 bits per heavy atom. The van der Waals surface area contributed by atoms with Crippen LogP contribution in [-0.2, 0) is 12.1 Å². The van der Waals surface area contributed by atoms with Crippen molar-refractivity contribution in [3.63, 3.8) is 0 Å². The van der Waals surface area contributed by atoms with Crippen molar-refractivity contribution in [1.29, 1.82) is 0 Å². The van der Waals surface area contributed by atoms with E-state index in [0.717, 1.165) is 16.5 Å². The van der Waals surface area contributed by atoms with Gasteiger partial charge in [0, 0.05) is 11.9 Å². The van der Waals surface area contributed by atoms with Gasteiger partial charge in [-0.2, -0.15) is 5.10 Å². The van der Waals surface area contributed by atoms with E-state index in [-0.39, 0.29) is 6.54 Å². The van der Waals surface area contributed by atoms with Crippen molar-refractivity contribution in [2.24, 2.45) is 5.73 Å². The first-order valence-corrected chi connectivity index (χ1v) is 6.61. The lowest BCUT2D eigenvalue weighted by Crippen LogP contribution is -2.39. The summed E-state index contributed by atoms with van der Waals surface area (Å²) in [7, 11) is 0. The smallest absolute Gasteiger partial charge is 0.121 e. The van der Waals surface area contributed by atoms with Gasteiger partial charge in [0.1, 0.15) is 5.60 Å². The van der Waals surface area contributed by atoms with Gasteiger partial charge in [-0.25, -0.2) is 0 Å². The molecule has 0 aliphatic rings. The number of para-hydroxylation sites is 1. The Morgan fingerprint density at radius 2 is 1.75 bits per heavy atom. The number of rotatable bonds is 4. The molecule has 3 N–H and O–H groups in total. The monoisotopic (exact) mass is 267 g/mol. The van der Waals surface area contributed by atoms with Crippen molar-refractivity contribution in [3.05, 3.63) is 66.4 Å². The van der Waals surface area contributed by atoms with Gasteiger partial charge in [-0.3, -0.25) is 4.68 Å². The van der Waals surface area contributed by atoms with Crippen molar-refractivity contribution >= 4 is 10.9 Å². The molecule has 4 nitrogen and oxygen atoms in total. The summed E-state index contributed by atoms with van der Waals surface area (Å²) >= 11 is 0. The molecule has 3 rings (SSSR count). The highest BCUT2D eigenvalue weighted by Crippen LogP contribution is 2.24. The molecule has 0 aliphatic carbocycles. The molecule has 1 aromatic heterocycles. The predicted octanol–water partition coefficient (Wildman–Crippen LogP) is 1.88. The van der Waals surface area contributed by atoms with E-state index >= 15 is 0 Å². The zero-order valence-corrected chi connectivity index (χ0v) is 11.1. The first-order valence-electron chi connectivity index (χ1n) is 6.61. The number of aromatic nitrogens is 2. The summed E-state index contributed by atoms with van der Waals surface area (Å²) in [5.74, 6) is 0. The summed E-state index contributed by atoms with van der Waals surface area (Å²) < 4.78 is 1.80. The van der Waals surface area contributed by atoms with Gasteiger partial charge < -0.3 is 10.8 Å². The van der Waals surface area contributed by atoms with Gasteiger partial charge in [0.25, 0.3) is 0 Å². The van der Waals surface area contributed by atoms with Crippen LogP contribution < -0.4 is 5.73 Å². The minimum Gasteiger partial charge on any atom is -0.382 e. The second-order valence-corrected chi connectivity index (χ2v) is 4.96. The van der Waals surface area contributed by atoms with Gasteiger partial charge in [0.15, 0.2) is 0 Å². The average molecular weight is 267 g/mol. The van der Waals surface area contributed by atoms with Crippen LogP contribution in [-0.4, -0.2) is 21.4 Å². The van der Waals surface area contributed by atoms with Gasteiger partial charge in [-0.05, 0) is 11.6 Å². The van der Waals surface area contributed by atoms with Crippen LogP contribution in [0.15, 0.2) is 60.8 Å². The zero-order valence-electron chi connectivity index (χ0n) is 11.1. The Kier molecular flexibility index (Phi) is 3.26. The van der Waals surface area contributed by atoms with E-state index in [1.807, 2.05) is 54.6 Å². The fraction of sp³-hybridized carbons (Fsp3) is 0.188. The van der Waals surface area contributed by atoms with E-state index in [1.165, 1.54) is 0 Å². The molecule has 0 aliphatic heterocycles. The van der Waals surface area contributed by atoms with Gasteiger partial charge >= 0.3 is 0 Å². The predicted molar refractivity (Wildman–Crippen MR) is 79.1 cm³/mol. The van der Waals surface area contributed by atoms with E-state index in [1.54, 1.807) is 10.9 Å². The van der Waals surface area contributed by atoms with Crippen molar-refractivity contribution in [3.8, 4) is 0 Å². The Hall–Kier alpha value is -2.17. The molecular formula is C16H17N3O. The molecule has 0 fully saturated rings. The SMILES string of the molecule is NCC(O)(Cn1ncc2ccccc21)c1ccccc1. The molecular weight excluding hydrogens is 250 g/mol. The quantitative estimate of drug-likeness (QED) is 0.758. The molecule has 0 spiro atoms. The van der Waals surface area contributed by atoms with Crippen molar-refractivity contribution in [2.45, 2.75) is 12.1 Å². The van der Waals surface area contributed by atoms with Crippen molar-refractivity contribution < 1.29 is 5.11 Å². The standard InChI is InChI=1S/C16H17N3O/c17-11-16(20,14-7-2-1-3-8-14)12-19-15-9-5-4-6-13(15)10-18-19/h1-10,20H,11-12,17H2. The third-order valence-electron chi connectivity index (χ3n) is 3.61. The highest BCUT2D eigenvalue weighted by Gasteiger charge is 2.28. The van der Waals surface area contributed by atoms with Crippen LogP contribution in [0.2, 0.25) is 0 Å². The number of hydrogen-bond donors (Lipinski definition) is 2. The minimum absolute atomic E-state index is 0.144. The lowest BCUT2D eigenvalue weighted by atomic mass is 9.94. The fourth-order valence-electron chi connectivity index (χ4n) is 2.42. The maximum atomic E-state index is 10.8. The Labute approximate surface area is 117 Å². The van der Waals surface area contributed by atoms with Crippen LogP contribution >= 0.6 is 0 Å². The molecule has 20 heavy (non-hydrogen) atoms. The normalized spacial score (nSPS) is 14.3. The van der Waals surface area contributed by atoms with Crippen LogP contribution in [0.25, 0.3) is 10.9 Å². The summed E-state index contributed by atoms with van der Waals surface area (Å²) in [6.07, 6.45) is 1.80. The van der Waals surface area contributed by atoms with Crippen molar-refractivity contribution in [2.75, 3.05) is 6.54 Å². The first kappa shape index (κ1) is 12.8. The van der Waals surface area contributed by atoms with Crippen LogP contribution in [0, 0.1) is 0 Å². The third kappa shape index (κ3) is 2.19. The molecule has 0 amide bonds. The molecule has 0 saturated heterocycles. The van der Waals surface area contributed by atoms with Gasteiger partial charge in [-0.15, -0.1) is 0 Å². The molecule has 0 bridgehead atoms. The zero-order chi connectivity index (χ0) is 14.0. The summed E-state index contributed by atoms with van der Waals surface area (Å²) in [5, 5.41) is 16.2. The molecule has 0 saturated carbocycles. The maximum Gasteiger partial charge on any atom is 0.121 e. The number of fused-ring (bicyclic) bond motifs is 1. The lowest BCUT2D eigenvalue weighted by Gasteiger charge is -2.27. The van der Waals surface area contributed by atoms with E-state index in [0.29, 0.717) is 6.54 Å². The maximum absolute atomic E-state index is 10.8. The molecule has 1 unspecified atom stereocenters. The summed E-state index contributed by atoms with van der Waals surface area (Å²) in [5.41, 5.74) is 6.50. The van der Waals surface area contributed by atoms with Crippen LogP contribution in [0.4, 0.5) is 0 Å². The topological polar surface area (TPSA) is 64.1 Å². The number of aliphatic hydroxyl groups is 1. The third-order valence-corrected chi connectivity index (χ3v) is 3.61. The molecule has 2 aromatic carbocycles. The van der Waals surface area contributed by atoms with E-state index < -0.39 is 5.60 Å². The Morgan fingerprint density at radius 3 is 2.50 bits per heavy atom. The van der Waals surface area contributed by atoms with E-state index in [9.17, 15) is 5.11 Å². The summed E-state index contributed by atoms with van der Waals surface area (Å²) in [6.45, 7) is 0.478. The minimum atomic E-state index is -1.12. The van der Waals surface area contributed by atoms with E-state index in [4.69, 9.17) is 5.73 Å². The van der Waals surface area contributed by atoms with Crippen LogP contribution in [0.3, 0.4) is 0 Å². The number of benzene rings is 2. The number of hydrogen-bond acceptors (Lipinski definition) is 3. The summed E-state index contributed by atoms with van der Waals surface area (Å²) in [4.78, 5) is 0. The lowest BCUT2D eigenvalue weighted by molar-refractivity contribution is 0.0253. The Balaban J connectivity index is 1.99. The van der Waals surface area contributed by atoms with E-state index in [2.05, 4.69) is 5.10 Å². The van der Waals surface area contributed by atoms with Crippen LogP contribution in [0.1, 0.15) is 5.56 Å². The second kappa shape index (κ2) is 5.07. The molecule has 4 heteroatoms. The Bertz CT molecular complexity index is 708. The van der Waals surface area contributed by atoms with Crippen molar-refractivity contribution in [1.82, 2.24) is 9.78 Å². The number of nitrogens with zero attached hydrogens (tertiary/aromatic N) is 2. The second-order valence-electron chi connectivity index (χ2n) is 4.96. The molecule has 0 radical (unpaired) electrons. The van der Waals surface area contributed by atoms with Gasteiger partial charge in [-0.1, -0.05) is 48.5 Å². The highest BCUT2D eigenvalue weighted by atomic mass is 16.3. The fourth-order valence-corrected chi connectivity index (χ4v) is 2.42. The van der Waals surface area contributed by atoms with Gasteiger partial charge in [0.2, 0.25) is 0 Å². The van der Waals surface area contributed by atoms with Crippen LogP contribution in [0.5, 0.6) is 0 Å². The largest absolute Gasteiger partial charge is 0.382 e. The molecule has 3 aromatic rings. The highest BCUT2D eigenvalue weighted by molar-refractivity contribution is 5.78. The first-order chi connectivity index (χ1) is 9.73. The molecule has 1 atom stereocenters. The average Bonchev–Trinajstić information content (AvgIpc) is 2.91. The number of nitrogens with two attached hydrogens (primary N) is 1. The summed E-state index contributed by atoms with van der Waals surface area (Å²) in [6, 6.07) is 17.4. The van der Waals surface area contributed by atoms with Gasteiger partial charge in [0.05, 0.1) is 18.3 Å². The molecule has 102 valence electrons. The molecule has 1 heterocycles.